The summed E-state index contributed by atoms with van der Waals surface area (Å²) in [7, 11) is 0. The molecule has 18 heavy (non-hydrogen) atoms. The molecule has 102 valence electrons. The number of aliphatic hydroxyl groups excluding tert-OH is 1. The fraction of sp³-hybridized carbons (Fsp3) is 0.692. The number of carbonyl (C=O) groups excluding carboxylic acids is 1. The number of rotatable bonds is 6. The molecule has 0 fully saturated rings. The van der Waals surface area contributed by atoms with Crippen molar-refractivity contribution in [3.63, 3.8) is 0 Å². The Hall–Kier alpha value is -1.36. The molecule has 1 rings (SSSR count). The monoisotopic (exact) mass is 254 g/mol. The highest BCUT2D eigenvalue weighted by Gasteiger charge is 2.16. The highest BCUT2D eigenvalue weighted by Crippen LogP contribution is 2.14. The molecule has 1 aromatic rings. The predicted octanol–water partition coefficient (Wildman–Crippen LogP) is 1.36. The van der Waals surface area contributed by atoms with Gasteiger partial charge in [0.25, 0.3) is 0 Å². The molecule has 0 aliphatic heterocycles. The zero-order chi connectivity index (χ0) is 13.7. The van der Waals surface area contributed by atoms with E-state index in [1.807, 2.05) is 27.7 Å². The highest BCUT2D eigenvalue weighted by atomic mass is 16.5. The molecule has 1 heterocycles. The van der Waals surface area contributed by atoms with Gasteiger partial charge >= 0.3 is 0 Å². The zero-order valence-electron chi connectivity index (χ0n) is 11.5. The molecule has 0 radical (unpaired) electrons. The van der Waals surface area contributed by atoms with E-state index in [0.29, 0.717) is 12.8 Å². The summed E-state index contributed by atoms with van der Waals surface area (Å²) >= 11 is 0. The van der Waals surface area contributed by atoms with Gasteiger partial charge in [0.1, 0.15) is 5.76 Å². The molecule has 0 bridgehead atoms. The quantitative estimate of drug-likeness (QED) is 0.803. The Morgan fingerprint density at radius 2 is 2.11 bits per heavy atom. The molecule has 5 heteroatoms. The Balaban J connectivity index is 2.47. The van der Waals surface area contributed by atoms with Gasteiger partial charge in [-0.1, -0.05) is 19.0 Å². The van der Waals surface area contributed by atoms with Gasteiger partial charge in [0, 0.05) is 12.0 Å². The van der Waals surface area contributed by atoms with Crippen LogP contribution in [0.1, 0.15) is 37.3 Å². The lowest BCUT2D eigenvalue weighted by molar-refractivity contribution is -0.122. The van der Waals surface area contributed by atoms with Crippen molar-refractivity contribution < 1.29 is 14.4 Å². The van der Waals surface area contributed by atoms with E-state index < -0.39 is 0 Å². The van der Waals surface area contributed by atoms with Crippen molar-refractivity contribution in [2.75, 3.05) is 6.61 Å². The van der Waals surface area contributed by atoms with Crippen LogP contribution >= 0.6 is 0 Å². The number of nitrogens with one attached hydrogen (secondary N) is 1. The van der Waals surface area contributed by atoms with E-state index >= 15 is 0 Å². The average molecular weight is 254 g/mol. The number of aliphatic hydroxyl groups is 1. The van der Waals surface area contributed by atoms with Crippen molar-refractivity contribution in [3.05, 3.63) is 17.0 Å². The van der Waals surface area contributed by atoms with Crippen molar-refractivity contribution in [1.29, 1.82) is 0 Å². The second-order valence-corrected chi connectivity index (χ2v) is 4.90. The molecule has 0 aliphatic carbocycles. The Kier molecular flexibility index (Phi) is 5.34. The van der Waals surface area contributed by atoms with Crippen LogP contribution in [0.3, 0.4) is 0 Å². The van der Waals surface area contributed by atoms with Crippen LogP contribution in [0.25, 0.3) is 0 Å². The Bertz CT molecular complexity index is 379. The van der Waals surface area contributed by atoms with E-state index in [1.54, 1.807) is 0 Å². The van der Waals surface area contributed by atoms with Crippen LogP contribution in [0.4, 0.5) is 0 Å². The normalized spacial score (nSPS) is 12.8. The number of hydrogen-bond donors (Lipinski definition) is 2. The fourth-order valence-electron chi connectivity index (χ4n) is 1.80. The molecule has 0 spiro atoms. The molecule has 0 saturated heterocycles. The van der Waals surface area contributed by atoms with E-state index in [0.717, 1.165) is 17.0 Å². The topological polar surface area (TPSA) is 75.4 Å². The lowest BCUT2D eigenvalue weighted by Crippen LogP contribution is -2.41. The second kappa shape index (κ2) is 6.54. The summed E-state index contributed by atoms with van der Waals surface area (Å²) in [6.07, 6.45) is 0.995. The zero-order valence-corrected chi connectivity index (χ0v) is 11.5. The minimum Gasteiger partial charge on any atom is -0.394 e. The van der Waals surface area contributed by atoms with Gasteiger partial charge in [0.15, 0.2) is 0 Å². The predicted molar refractivity (Wildman–Crippen MR) is 68.2 cm³/mol. The van der Waals surface area contributed by atoms with Gasteiger partial charge < -0.3 is 14.9 Å². The second-order valence-electron chi connectivity index (χ2n) is 4.90. The summed E-state index contributed by atoms with van der Waals surface area (Å²) in [6.45, 7) is 7.62. The maximum Gasteiger partial charge on any atom is 0.220 e. The summed E-state index contributed by atoms with van der Waals surface area (Å²) in [5.74, 6) is 0.934. The number of carbonyl (C=O) groups is 1. The van der Waals surface area contributed by atoms with Crippen LogP contribution in [-0.4, -0.2) is 28.8 Å². The fourth-order valence-corrected chi connectivity index (χ4v) is 1.80. The van der Waals surface area contributed by atoms with Gasteiger partial charge in [-0.3, -0.25) is 4.79 Å². The number of amides is 1. The number of aromatic nitrogens is 1. The third-order valence-electron chi connectivity index (χ3n) is 3.13. The van der Waals surface area contributed by atoms with Crippen molar-refractivity contribution in [1.82, 2.24) is 10.5 Å². The van der Waals surface area contributed by atoms with Crippen molar-refractivity contribution >= 4 is 5.91 Å². The van der Waals surface area contributed by atoms with Crippen molar-refractivity contribution in [3.8, 4) is 0 Å². The first kappa shape index (κ1) is 14.7. The third-order valence-corrected chi connectivity index (χ3v) is 3.13. The molecule has 0 aliphatic rings. The van der Waals surface area contributed by atoms with E-state index in [4.69, 9.17) is 9.63 Å². The van der Waals surface area contributed by atoms with Crippen LogP contribution < -0.4 is 5.32 Å². The maximum absolute atomic E-state index is 11.8. The maximum atomic E-state index is 11.8. The number of aryl methyl sites for hydroxylation is 2. The van der Waals surface area contributed by atoms with Crippen molar-refractivity contribution in [2.45, 2.75) is 46.6 Å². The van der Waals surface area contributed by atoms with Crippen LogP contribution in [0, 0.1) is 19.8 Å². The third kappa shape index (κ3) is 3.84. The molecule has 1 unspecified atom stereocenters. The van der Waals surface area contributed by atoms with Gasteiger partial charge in [-0.15, -0.1) is 0 Å². The molecule has 0 aromatic carbocycles. The number of nitrogens with zero attached hydrogens (tertiary/aromatic N) is 1. The molecule has 1 aromatic heterocycles. The highest BCUT2D eigenvalue weighted by molar-refractivity contribution is 5.76. The van der Waals surface area contributed by atoms with Gasteiger partial charge in [-0.2, -0.15) is 0 Å². The summed E-state index contributed by atoms with van der Waals surface area (Å²) in [5.41, 5.74) is 1.83. The Morgan fingerprint density at radius 1 is 1.44 bits per heavy atom. The molecule has 1 atom stereocenters. The average Bonchev–Trinajstić information content (AvgIpc) is 2.63. The lowest BCUT2D eigenvalue weighted by Gasteiger charge is -2.19. The van der Waals surface area contributed by atoms with E-state index in [1.165, 1.54) is 0 Å². The standard InChI is InChI=1S/C13H22N2O3/c1-8(2)12(7-16)14-13(17)6-5-11-9(3)15-18-10(11)4/h8,12,16H,5-7H2,1-4H3,(H,14,17). The lowest BCUT2D eigenvalue weighted by atomic mass is 10.0. The molecule has 2 N–H and O–H groups in total. The minimum absolute atomic E-state index is 0.0330. The first-order valence-electron chi connectivity index (χ1n) is 6.27. The van der Waals surface area contributed by atoms with E-state index in [2.05, 4.69) is 10.5 Å². The van der Waals surface area contributed by atoms with Crippen molar-refractivity contribution in [2.24, 2.45) is 5.92 Å². The van der Waals surface area contributed by atoms with Crippen LogP contribution in [0.2, 0.25) is 0 Å². The molecular formula is C13H22N2O3. The Morgan fingerprint density at radius 3 is 2.56 bits per heavy atom. The summed E-state index contributed by atoms with van der Waals surface area (Å²) < 4.78 is 5.05. The van der Waals surface area contributed by atoms with Crippen LogP contribution in [0.5, 0.6) is 0 Å². The van der Waals surface area contributed by atoms with Gasteiger partial charge in [-0.05, 0) is 26.2 Å². The largest absolute Gasteiger partial charge is 0.394 e. The van der Waals surface area contributed by atoms with Gasteiger partial charge in [0.2, 0.25) is 5.91 Å². The SMILES string of the molecule is Cc1noc(C)c1CCC(=O)NC(CO)C(C)C. The van der Waals surface area contributed by atoms with Crippen LogP contribution in [0.15, 0.2) is 4.52 Å². The summed E-state index contributed by atoms with van der Waals surface area (Å²) in [5, 5.41) is 15.8. The molecule has 5 nitrogen and oxygen atoms in total. The van der Waals surface area contributed by atoms with E-state index in [9.17, 15) is 4.79 Å². The molecule has 1 amide bonds. The Labute approximate surface area is 108 Å². The van der Waals surface area contributed by atoms with Gasteiger partial charge in [-0.25, -0.2) is 0 Å². The molecule has 0 saturated carbocycles. The minimum atomic E-state index is -0.179. The first-order chi connectivity index (χ1) is 8.45. The summed E-state index contributed by atoms with van der Waals surface area (Å²) in [6, 6.07) is -0.179. The summed E-state index contributed by atoms with van der Waals surface area (Å²) in [4.78, 5) is 11.8. The first-order valence-corrected chi connectivity index (χ1v) is 6.27. The smallest absolute Gasteiger partial charge is 0.220 e. The van der Waals surface area contributed by atoms with E-state index in [-0.39, 0.29) is 24.5 Å². The van der Waals surface area contributed by atoms with Crippen LogP contribution in [-0.2, 0) is 11.2 Å². The van der Waals surface area contributed by atoms with Gasteiger partial charge in [0.05, 0.1) is 18.3 Å². The molecular weight excluding hydrogens is 232 g/mol. The number of hydrogen-bond acceptors (Lipinski definition) is 4.